The monoisotopic (exact) mass is 374 g/mol. The normalized spacial score (nSPS) is 11.0. The van der Waals surface area contributed by atoms with E-state index in [0.29, 0.717) is 11.0 Å². The minimum absolute atomic E-state index is 0.0927. The number of rotatable bonds is 5. The molecule has 1 aromatic heterocycles. The van der Waals surface area contributed by atoms with Crippen LogP contribution in [0.15, 0.2) is 34.8 Å². The second-order valence-corrected chi connectivity index (χ2v) is 7.07. The smallest absolute Gasteiger partial charge is 0.283 e. The fourth-order valence-electron chi connectivity index (χ4n) is 1.87. The van der Waals surface area contributed by atoms with Crippen molar-refractivity contribution in [2.24, 2.45) is 0 Å². The van der Waals surface area contributed by atoms with Crippen LogP contribution < -0.4 is 0 Å². The third kappa shape index (κ3) is 4.02. The Morgan fingerprint density at radius 3 is 2.70 bits per heavy atom. The average Bonchev–Trinajstić information content (AvgIpc) is 2.76. The van der Waals surface area contributed by atoms with E-state index in [9.17, 15) is 10.1 Å². The van der Waals surface area contributed by atoms with Crippen LogP contribution in [0.1, 0.15) is 10.4 Å². The lowest BCUT2D eigenvalue weighted by molar-refractivity contribution is -0.385. The van der Waals surface area contributed by atoms with Crippen molar-refractivity contribution >= 4 is 44.6 Å². The van der Waals surface area contributed by atoms with Crippen LogP contribution in [-0.4, -0.2) is 16.9 Å². The zero-order valence-corrected chi connectivity index (χ0v) is 13.8. The van der Waals surface area contributed by atoms with E-state index in [4.69, 9.17) is 11.6 Å². The molecule has 0 N–H and O–H groups in total. The van der Waals surface area contributed by atoms with Gasteiger partial charge < -0.3 is 0 Å². The standard InChI is InChI=1S/C13H12BrClN2O2S/c1-16(8-10-3-5-13(15)20-10)7-9-2-4-11(14)12(6-9)17(18)19/h2-6H,7-8H2,1H3. The summed E-state index contributed by atoms with van der Waals surface area (Å²) in [5, 5.41) is 10.9. The summed E-state index contributed by atoms with van der Waals surface area (Å²) in [4.78, 5) is 13.8. The summed E-state index contributed by atoms with van der Waals surface area (Å²) in [6, 6.07) is 9.06. The highest BCUT2D eigenvalue weighted by Gasteiger charge is 2.13. The Morgan fingerprint density at radius 1 is 1.35 bits per heavy atom. The van der Waals surface area contributed by atoms with Crippen molar-refractivity contribution in [2.75, 3.05) is 7.05 Å². The lowest BCUT2D eigenvalue weighted by Crippen LogP contribution is -2.16. The maximum Gasteiger partial charge on any atom is 0.283 e. The van der Waals surface area contributed by atoms with E-state index in [0.717, 1.165) is 16.4 Å². The van der Waals surface area contributed by atoms with Crippen LogP contribution in [0.5, 0.6) is 0 Å². The minimum atomic E-state index is -0.382. The molecule has 0 atom stereocenters. The van der Waals surface area contributed by atoms with Crippen LogP contribution in [0.2, 0.25) is 4.34 Å². The Bertz CT molecular complexity index is 633. The van der Waals surface area contributed by atoms with Crippen molar-refractivity contribution < 1.29 is 4.92 Å². The van der Waals surface area contributed by atoms with Gasteiger partial charge in [-0.15, -0.1) is 11.3 Å². The van der Waals surface area contributed by atoms with Crippen LogP contribution in [0.25, 0.3) is 0 Å². The van der Waals surface area contributed by atoms with E-state index in [1.165, 1.54) is 4.88 Å². The molecule has 1 aromatic carbocycles. The predicted molar refractivity (Wildman–Crippen MR) is 85.3 cm³/mol. The van der Waals surface area contributed by atoms with Gasteiger partial charge >= 0.3 is 0 Å². The van der Waals surface area contributed by atoms with Crippen LogP contribution in [-0.2, 0) is 13.1 Å². The highest BCUT2D eigenvalue weighted by Crippen LogP contribution is 2.27. The number of nitrogens with zero attached hydrogens (tertiary/aromatic N) is 2. The first-order valence-electron chi connectivity index (χ1n) is 5.81. The Hall–Kier alpha value is -0.950. The van der Waals surface area contributed by atoms with Crippen LogP contribution >= 0.6 is 38.9 Å². The number of nitro benzene ring substituents is 1. The lowest BCUT2D eigenvalue weighted by Gasteiger charge is -2.15. The number of thiophene rings is 1. The molecule has 0 saturated carbocycles. The first kappa shape index (κ1) is 15.4. The first-order chi connectivity index (χ1) is 9.45. The van der Waals surface area contributed by atoms with E-state index >= 15 is 0 Å². The summed E-state index contributed by atoms with van der Waals surface area (Å²) < 4.78 is 1.27. The molecular weight excluding hydrogens is 364 g/mol. The Labute approximate surface area is 134 Å². The molecule has 20 heavy (non-hydrogen) atoms. The SMILES string of the molecule is CN(Cc1ccc(Br)c([N+](=O)[O-])c1)Cc1ccc(Cl)s1. The zero-order valence-electron chi connectivity index (χ0n) is 10.7. The van der Waals surface area contributed by atoms with Crippen LogP contribution in [0, 0.1) is 10.1 Å². The molecule has 2 rings (SSSR count). The average molecular weight is 376 g/mol. The first-order valence-corrected chi connectivity index (χ1v) is 7.80. The fourth-order valence-corrected chi connectivity index (χ4v) is 3.43. The fraction of sp³-hybridized carbons (Fsp3) is 0.231. The van der Waals surface area contributed by atoms with Gasteiger partial charge in [-0.3, -0.25) is 15.0 Å². The summed E-state index contributed by atoms with van der Waals surface area (Å²) in [6.45, 7) is 1.41. The number of hydrogen-bond acceptors (Lipinski definition) is 4. The maximum atomic E-state index is 10.9. The van der Waals surface area contributed by atoms with Gasteiger partial charge in [0.1, 0.15) is 0 Å². The second-order valence-electron chi connectivity index (χ2n) is 4.42. The van der Waals surface area contributed by atoms with Crippen molar-refractivity contribution in [3.63, 3.8) is 0 Å². The number of nitro groups is 1. The van der Waals surface area contributed by atoms with Crippen molar-refractivity contribution in [1.29, 1.82) is 0 Å². The summed E-state index contributed by atoms with van der Waals surface area (Å²) in [5.74, 6) is 0. The van der Waals surface area contributed by atoms with Gasteiger partial charge in [0.2, 0.25) is 0 Å². The minimum Gasteiger partial charge on any atom is -0.297 e. The molecule has 7 heteroatoms. The zero-order chi connectivity index (χ0) is 14.7. The van der Waals surface area contributed by atoms with Crippen molar-refractivity contribution in [3.05, 3.63) is 59.7 Å². The molecule has 0 radical (unpaired) electrons. The Kier molecular flexibility index (Phi) is 5.15. The summed E-state index contributed by atoms with van der Waals surface area (Å²) in [6.07, 6.45) is 0. The molecule has 0 saturated heterocycles. The molecule has 2 aromatic rings. The number of hydrogen-bond donors (Lipinski definition) is 0. The van der Waals surface area contributed by atoms with Gasteiger partial charge in [0, 0.05) is 24.0 Å². The molecule has 0 aliphatic rings. The van der Waals surface area contributed by atoms with E-state index in [2.05, 4.69) is 20.8 Å². The molecule has 0 unspecified atom stereocenters. The summed E-state index contributed by atoms with van der Waals surface area (Å²) in [7, 11) is 1.97. The molecule has 4 nitrogen and oxygen atoms in total. The van der Waals surface area contributed by atoms with E-state index in [1.807, 2.05) is 25.2 Å². The van der Waals surface area contributed by atoms with Crippen LogP contribution in [0.3, 0.4) is 0 Å². The lowest BCUT2D eigenvalue weighted by atomic mass is 10.2. The summed E-state index contributed by atoms with van der Waals surface area (Å²) >= 11 is 10.6. The van der Waals surface area contributed by atoms with Crippen LogP contribution in [0.4, 0.5) is 5.69 Å². The molecule has 0 aliphatic carbocycles. The quantitative estimate of drug-likeness (QED) is 0.562. The largest absolute Gasteiger partial charge is 0.297 e. The third-order valence-electron chi connectivity index (χ3n) is 2.71. The van der Waals surface area contributed by atoms with Gasteiger partial charge in [-0.1, -0.05) is 17.7 Å². The maximum absolute atomic E-state index is 10.9. The van der Waals surface area contributed by atoms with E-state index in [-0.39, 0.29) is 10.6 Å². The highest BCUT2D eigenvalue weighted by atomic mass is 79.9. The number of benzene rings is 1. The molecular formula is C13H12BrClN2O2S. The van der Waals surface area contributed by atoms with Gasteiger partial charge in [-0.2, -0.15) is 0 Å². The summed E-state index contributed by atoms with van der Waals surface area (Å²) in [5.41, 5.74) is 1.00. The number of halogens is 2. The topological polar surface area (TPSA) is 46.4 Å². The third-order valence-corrected chi connectivity index (χ3v) is 4.60. The van der Waals surface area contributed by atoms with Gasteiger partial charge in [-0.05, 0) is 46.7 Å². The van der Waals surface area contributed by atoms with Gasteiger partial charge in [0.25, 0.3) is 5.69 Å². The highest BCUT2D eigenvalue weighted by molar-refractivity contribution is 9.10. The van der Waals surface area contributed by atoms with E-state index < -0.39 is 0 Å². The van der Waals surface area contributed by atoms with E-state index in [1.54, 1.807) is 23.5 Å². The van der Waals surface area contributed by atoms with Crippen molar-refractivity contribution in [3.8, 4) is 0 Å². The molecule has 0 spiro atoms. The molecule has 0 aliphatic heterocycles. The van der Waals surface area contributed by atoms with Crippen molar-refractivity contribution in [1.82, 2.24) is 4.90 Å². The van der Waals surface area contributed by atoms with Crippen molar-refractivity contribution in [2.45, 2.75) is 13.1 Å². The molecule has 1 heterocycles. The Balaban J connectivity index is 2.06. The molecule has 106 valence electrons. The van der Waals surface area contributed by atoms with Gasteiger partial charge in [0.15, 0.2) is 0 Å². The second kappa shape index (κ2) is 6.67. The molecule has 0 bridgehead atoms. The molecule has 0 amide bonds. The molecule has 0 fully saturated rings. The van der Waals surface area contributed by atoms with Gasteiger partial charge in [0.05, 0.1) is 13.7 Å². The predicted octanol–water partition coefficient (Wildman–Crippen LogP) is 4.70. The Morgan fingerprint density at radius 2 is 2.10 bits per heavy atom. The van der Waals surface area contributed by atoms with Gasteiger partial charge in [-0.25, -0.2) is 0 Å².